The third-order valence-corrected chi connectivity index (χ3v) is 25.5. The minimum Gasteiger partial charge on any atom is -0.497 e. The summed E-state index contributed by atoms with van der Waals surface area (Å²) < 4.78 is 83.1. The first-order valence-corrected chi connectivity index (χ1v) is 33.9. The van der Waals surface area contributed by atoms with Crippen molar-refractivity contribution in [3.8, 4) is 5.75 Å². The molecule has 408 valence electrons. The van der Waals surface area contributed by atoms with Crippen LogP contribution in [-0.4, -0.2) is 124 Å². The Morgan fingerprint density at radius 2 is 1.54 bits per heavy atom. The molecular weight excluding hydrogens is 957 g/mol. The summed E-state index contributed by atoms with van der Waals surface area (Å²) >= 11 is 0. The first kappa shape index (κ1) is 61.6. The van der Waals surface area contributed by atoms with E-state index >= 15 is 0 Å². The number of carbonyl (C=O) groups is 1. The van der Waals surface area contributed by atoms with Crippen LogP contribution < -0.4 is 4.74 Å². The van der Waals surface area contributed by atoms with Crippen molar-refractivity contribution in [2.75, 3.05) is 26.6 Å². The second-order valence-electron chi connectivity index (χ2n) is 25.0. The normalized spacial score (nSPS) is 27.2. The lowest BCUT2D eigenvalue weighted by molar-refractivity contribution is -0.274. The zero-order valence-electron chi connectivity index (χ0n) is 46.9. The fourth-order valence-electron chi connectivity index (χ4n) is 9.23. The van der Waals surface area contributed by atoms with Crippen molar-refractivity contribution < 1.29 is 59.8 Å². The lowest BCUT2D eigenvalue weighted by Gasteiger charge is -2.53. The second kappa shape index (κ2) is 25.2. The molecule has 0 saturated carbocycles. The summed E-state index contributed by atoms with van der Waals surface area (Å²) in [6.45, 7) is 42.1. The number of rotatable bonds is 25. The maximum absolute atomic E-state index is 12.6. The third-order valence-electron chi connectivity index (χ3n) is 15.9. The van der Waals surface area contributed by atoms with Crippen LogP contribution in [0.2, 0.25) is 36.3 Å². The van der Waals surface area contributed by atoms with Crippen LogP contribution in [-0.2, 0) is 58.2 Å². The van der Waals surface area contributed by atoms with Gasteiger partial charge < -0.3 is 42.4 Å². The molecule has 12 atom stereocenters. The van der Waals surface area contributed by atoms with E-state index in [1.807, 2.05) is 52.0 Å². The number of fused-ring (bicyclic) bond motifs is 1. The zero-order valence-corrected chi connectivity index (χ0v) is 49.7. The van der Waals surface area contributed by atoms with E-state index in [9.17, 15) is 18.3 Å². The van der Waals surface area contributed by atoms with Gasteiger partial charge in [-0.25, -0.2) is 0 Å². The Bertz CT molecular complexity index is 1990. The number of carbonyl (C=O) groups excluding carboxylic acids is 1. The molecule has 3 fully saturated rings. The van der Waals surface area contributed by atoms with Crippen LogP contribution in [0.3, 0.4) is 0 Å². The summed E-state index contributed by atoms with van der Waals surface area (Å²) in [5.74, 6) is 0.104. The molecule has 1 N–H and O–H groups in total. The molecule has 0 spiro atoms. The maximum Gasteiger partial charge on any atom is 0.311 e. The highest BCUT2D eigenvalue weighted by Crippen LogP contribution is 2.45. The van der Waals surface area contributed by atoms with E-state index < -0.39 is 56.6 Å². The van der Waals surface area contributed by atoms with Crippen molar-refractivity contribution in [2.45, 2.75) is 238 Å². The van der Waals surface area contributed by atoms with Crippen LogP contribution in [0.5, 0.6) is 5.75 Å². The van der Waals surface area contributed by atoms with E-state index in [1.165, 1.54) is 0 Å². The molecule has 16 heteroatoms. The fourth-order valence-corrected chi connectivity index (χ4v) is 12.3. The predicted octanol–water partition coefficient (Wildman–Crippen LogP) is 11.5. The predicted molar refractivity (Wildman–Crippen MR) is 287 cm³/mol. The van der Waals surface area contributed by atoms with E-state index in [0.29, 0.717) is 70.3 Å². The molecule has 0 unspecified atom stereocenters. The van der Waals surface area contributed by atoms with Crippen LogP contribution in [0.4, 0.5) is 0 Å². The Morgan fingerprint density at radius 3 is 2.11 bits per heavy atom. The summed E-state index contributed by atoms with van der Waals surface area (Å²) in [5, 5.41) is 12.1. The summed E-state index contributed by atoms with van der Waals surface area (Å²) in [4.78, 5) is 12.2. The number of ether oxygens (including phenoxy) is 6. The molecule has 0 aromatic heterocycles. The highest BCUT2D eigenvalue weighted by Gasteiger charge is 2.53. The van der Waals surface area contributed by atoms with Gasteiger partial charge in [0.2, 0.25) is 0 Å². The Morgan fingerprint density at radius 1 is 0.901 bits per heavy atom. The van der Waals surface area contributed by atoms with Gasteiger partial charge in [-0.1, -0.05) is 80.7 Å². The SMILES string of the molecule is C=C([C@H](C)C[C@@H](CC[C@@H]1O[C@@H](CCCOC(=O)C(C)(C)C)CC1=C)OS(C)(=O)=O)[C@H](O)C[C@@H]1O[C@H]2C[C@@H](O[Si](C)(C)C(C)(C)C)[C@@H](CCO[Si](C)(C)C(C)(C)C)O[C@H]2[C@H](C)[C@H]1OCc1ccc(OC)cc1. The Hall–Kier alpha value is -1.97. The molecule has 4 rings (SSSR count). The van der Waals surface area contributed by atoms with Gasteiger partial charge in [-0.15, -0.1) is 0 Å². The smallest absolute Gasteiger partial charge is 0.311 e. The van der Waals surface area contributed by atoms with E-state index in [2.05, 4.69) is 87.8 Å². The number of aliphatic hydroxyl groups excluding tert-OH is 1. The zero-order chi connectivity index (χ0) is 53.5. The van der Waals surface area contributed by atoms with E-state index in [1.54, 1.807) is 7.11 Å². The molecule has 0 amide bonds. The largest absolute Gasteiger partial charge is 0.497 e. The van der Waals surface area contributed by atoms with Gasteiger partial charge >= 0.3 is 5.97 Å². The molecule has 0 bridgehead atoms. The molecule has 0 radical (unpaired) electrons. The van der Waals surface area contributed by atoms with Gasteiger partial charge in [0.1, 0.15) is 5.75 Å². The number of hydrogen-bond acceptors (Lipinski definition) is 13. The first-order valence-electron chi connectivity index (χ1n) is 26.2. The van der Waals surface area contributed by atoms with Crippen LogP contribution in [0, 0.1) is 17.3 Å². The van der Waals surface area contributed by atoms with Gasteiger partial charge in [-0.2, -0.15) is 8.42 Å². The fraction of sp³-hybridized carbons (Fsp3) is 0.800. The Kier molecular flexibility index (Phi) is 21.9. The van der Waals surface area contributed by atoms with Gasteiger partial charge in [-0.3, -0.25) is 8.98 Å². The topological polar surface area (TPSA) is 155 Å². The first-order chi connectivity index (χ1) is 32.6. The van der Waals surface area contributed by atoms with Crippen molar-refractivity contribution >= 4 is 32.7 Å². The van der Waals surface area contributed by atoms with Gasteiger partial charge in [0.25, 0.3) is 10.1 Å². The quantitative estimate of drug-likeness (QED) is 0.0325. The number of hydrogen-bond donors (Lipinski definition) is 1. The number of esters is 1. The highest BCUT2D eigenvalue weighted by molar-refractivity contribution is 7.86. The summed E-state index contributed by atoms with van der Waals surface area (Å²) in [5.41, 5.74) is 1.94. The molecule has 13 nitrogen and oxygen atoms in total. The van der Waals surface area contributed by atoms with E-state index in [-0.39, 0.29) is 70.9 Å². The molecule has 0 aliphatic carbocycles. The summed E-state index contributed by atoms with van der Waals surface area (Å²) in [6.07, 6.45) is 1.96. The third kappa shape index (κ3) is 18.1. The van der Waals surface area contributed by atoms with Gasteiger partial charge in [0, 0.05) is 25.4 Å². The van der Waals surface area contributed by atoms with E-state index in [0.717, 1.165) is 29.6 Å². The van der Waals surface area contributed by atoms with Crippen molar-refractivity contribution in [2.24, 2.45) is 17.3 Å². The molecule has 3 heterocycles. The monoisotopic (exact) mass is 1050 g/mol. The number of benzene rings is 1. The number of aliphatic hydroxyl groups is 1. The van der Waals surface area contributed by atoms with Crippen LogP contribution in [0.25, 0.3) is 0 Å². The lowest BCUT2D eigenvalue weighted by atomic mass is 9.80. The number of methoxy groups -OCH3 is 1. The van der Waals surface area contributed by atoms with Gasteiger partial charge in [0.05, 0.1) is 93.0 Å². The average molecular weight is 1050 g/mol. The second-order valence-corrected chi connectivity index (χ2v) is 36.2. The minimum absolute atomic E-state index is 0.0177. The molecule has 3 aliphatic heterocycles. The van der Waals surface area contributed by atoms with Crippen molar-refractivity contribution in [3.63, 3.8) is 0 Å². The summed E-state index contributed by atoms with van der Waals surface area (Å²) in [7, 11) is -6.42. The Balaban J connectivity index is 1.50. The molecular formula is C55H96O13SSi2. The highest BCUT2D eigenvalue weighted by atomic mass is 32.2. The standard InChI is InChI=1S/C55H96O13SSi2/c1-36(31-43(67-69(15,58)59)26-27-45-37(2)32-42(64-45)21-20-29-61-52(57)53(5,6)7)38(3)44(56)33-48-50(62-35-40-22-24-41(60-14)25-23-40)39(4)51-49(65-48)34-47(68-71(18,19)55(11,12)13)46(66-51)28-30-63-70(16,17)54(8,9)10/h22-25,36,39,42-51,56H,2-3,20-21,26-35H2,1,4-19H3/t36-,39-,42+,43-,44-,45+,46-,47-,48+,49+,50-,51+/m1/s1. The molecule has 3 aliphatic rings. The summed E-state index contributed by atoms with van der Waals surface area (Å²) in [6, 6.07) is 7.80. The molecule has 3 saturated heterocycles. The van der Waals surface area contributed by atoms with Crippen molar-refractivity contribution in [1.82, 2.24) is 0 Å². The van der Waals surface area contributed by atoms with Crippen molar-refractivity contribution in [3.05, 3.63) is 54.1 Å². The molecule has 1 aromatic rings. The van der Waals surface area contributed by atoms with E-state index in [4.69, 9.17) is 41.5 Å². The lowest BCUT2D eigenvalue weighted by Crippen LogP contribution is -2.62. The average Bonchev–Trinajstić information content (AvgIpc) is 3.60. The van der Waals surface area contributed by atoms with Crippen LogP contribution >= 0.6 is 0 Å². The van der Waals surface area contributed by atoms with Crippen LogP contribution in [0.15, 0.2) is 48.6 Å². The molecule has 71 heavy (non-hydrogen) atoms. The Labute approximate surface area is 432 Å². The van der Waals surface area contributed by atoms with Gasteiger partial charge in [0.15, 0.2) is 16.6 Å². The maximum atomic E-state index is 12.6. The van der Waals surface area contributed by atoms with Gasteiger partial charge in [-0.05, 0) is 137 Å². The van der Waals surface area contributed by atoms with Crippen molar-refractivity contribution in [1.29, 1.82) is 0 Å². The minimum atomic E-state index is -3.81. The van der Waals surface area contributed by atoms with Crippen LogP contribution in [0.1, 0.15) is 140 Å². The molecule has 1 aromatic carbocycles.